The summed E-state index contributed by atoms with van der Waals surface area (Å²) in [4.78, 5) is 2.54. The lowest BCUT2D eigenvalue weighted by molar-refractivity contribution is 0.214. The van der Waals surface area contributed by atoms with E-state index >= 15 is 0 Å². The van der Waals surface area contributed by atoms with Gasteiger partial charge in [-0.25, -0.2) is 0 Å². The van der Waals surface area contributed by atoms with Crippen molar-refractivity contribution in [1.29, 1.82) is 5.26 Å². The lowest BCUT2D eigenvalue weighted by atomic mass is 9.58. The first-order chi connectivity index (χ1) is 15.6. The molecule has 3 nitrogen and oxygen atoms in total. The Kier molecular flexibility index (Phi) is 5.49. The van der Waals surface area contributed by atoms with Crippen LogP contribution in [0.25, 0.3) is 0 Å². The number of benzene rings is 3. The maximum absolute atomic E-state index is 10.7. The molecule has 0 saturated carbocycles. The lowest BCUT2D eigenvalue weighted by Crippen LogP contribution is -2.46. The highest BCUT2D eigenvalue weighted by atomic mass is 16.5. The van der Waals surface area contributed by atoms with E-state index < -0.39 is 5.41 Å². The zero-order valence-corrected chi connectivity index (χ0v) is 18.8. The van der Waals surface area contributed by atoms with Crippen LogP contribution < -0.4 is 4.74 Å². The van der Waals surface area contributed by atoms with Crippen LogP contribution in [0.3, 0.4) is 0 Å². The number of nitriles is 1. The van der Waals surface area contributed by atoms with Gasteiger partial charge in [0, 0.05) is 24.9 Å². The molecule has 0 spiro atoms. The average Bonchev–Trinajstić information content (AvgIpc) is 3.47. The van der Waals surface area contributed by atoms with Crippen LogP contribution in [-0.4, -0.2) is 31.1 Å². The molecule has 0 unspecified atom stereocenters. The summed E-state index contributed by atoms with van der Waals surface area (Å²) in [6.07, 6.45) is 3.05. The van der Waals surface area contributed by atoms with Crippen molar-refractivity contribution in [3.8, 4) is 11.8 Å². The Labute approximate surface area is 191 Å². The zero-order chi connectivity index (χ0) is 22.0. The van der Waals surface area contributed by atoms with E-state index in [0.29, 0.717) is 0 Å². The van der Waals surface area contributed by atoms with E-state index in [9.17, 15) is 5.26 Å². The van der Waals surface area contributed by atoms with E-state index in [2.05, 4.69) is 84.6 Å². The molecule has 2 aliphatic heterocycles. The van der Waals surface area contributed by atoms with Gasteiger partial charge in [0.25, 0.3) is 0 Å². The number of nitrogens with zero attached hydrogens (tertiary/aromatic N) is 2. The lowest BCUT2D eigenvalue weighted by Gasteiger charge is -2.42. The van der Waals surface area contributed by atoms with Crippen LogP contribution in [0, 0.1) is 16.7 Å². The van der Waals surface area contributed by atoms with Gasteiger partial charge in [0.2, 0.25) is 0 Å². The van der Waals surface area contributed by atoms with Crippen LogP contribution in [0.2, 0.25) is 0 Å². The summed E-state index contributed by atoms with van der Waals surface area (Å²) >= 11 is 0. The molecule has 0 radical (unpaired) electrons. The maximum atomic E-state index is 10.7. The Hall–Kier alpha value is -3.09. The van der Waals surface area contributed by atoms with Crippen molar-refractivity contribution in [3.05, 3.63) is 101 Å². The summed E-state index contributed by atoms with van der Waals surface area (Å²) in [6, 6.07) is 30.2. The SMILES string of the molecule is C[C@@]1(C(C#N)(c2ccccc2)c2ccccc2)CCN(CCc2ccc3c(c2)CCO3)C1. The molecule has 1 atom stereocenters. The quantitative estimate of drug-likeness (QED) is 0.535. The smallest absolute Gasteiger partial charge is 0.122 e. The molecule has 2 heterocycles. The summed E-state index contributed by atoms with van der Waals surface area (Å²) in [6.45, 7) is 6.06. The fourth-order valence-electron chi connectivity index (χ4n) is 5.74. The molecule has 0 aromatic heterocycles. The molecule has 2 aliphatic rings. The summed E-state index contributed by atoms with van der Waals surface area (Å²) < 4.78 is 5.65. The van der Waals surface area contributed by atoms with Gasteiger partial charge in [-0.2, -0.15) is 5.26 Å². The van der Waals surface area contributed by atoms with Crippen molar-refractivity contribution >= 4 is 0 Å². The Bertz CT molecular complexity index is 1080. The second kappa shape index (κ2) is 8.45. The second-order valence-electron chi connectivity index (χ2n) is 9.47. The van der Waals surface area contributed by atoms with Crippen LogP contribution in [-0.2, 0) is 18.3 Å². The van der Waals surface area contributed by atoms with Crippen LogP contribution in [0.4, 0.5) is 0 Å². The van der Waals surface area contributed by atoms with Gasteiger partial charge in [-0.1, -0.05) is 79.7 Å². The van der Waals surface area contributed by atoms with Gasteiger partial charge in [-0.05, 0) is 47.7 Å². The fourth-order valence-corrected chi connectivity index (χ4v) is 5.74. The summed E-state index contributed by atoms with van der Waals surface area (Å²) in [7, 11) is 0. The van der Waals surface area contributed by atoms with Crippen molar-refractivity contribution < 1.29 is 4.74 Å². The van der Waals surface area contributed by atoms with E-state index in [1.807, 2.05) is 12.1 Å². The van der Waals surface area contributed by atoms with E-state index in [0.717, 1.165) is 62.4 Å². The fraction of sp³-hybridized carbons (Fsp3) is 0.345. The van der Waals surface area contributed by atoms with Crippen LogP contribution in [0.15, 0.2) is 78.9 Å². The van der Waals surface area contributed by atoms with Gasteiger partial charge in [0.15, 0.2) is 0 Å². The van der Waals surface area contributed by atoms with Gasteiger partial charge in [0.05, 0.1) is 12.7 Å². The van der Waals surface area contributed by atoms with Crippen molar-refractivity contribution in [2.45, 2.75) is 31.6 Å². The van der Waals surface area contributed by atoms with Gasteiger partial charge < -0.3 is 9.64 Å². The first-order valence-electron chi connectivity index (χ1n) is 11.6. The molecule has 3 aromatic carbocycles. The normalized spacial score (nSPS) is 20.5. The first-order valence-corrected chi connectivity index (χ1v) is 11.6. The van der Waals surface area contributed by atoms with Crippen LogP contribution in [0.5, 0.6) is 5.75 Å². The van der Waals surface area contributed by atoms with Crippen LogP contribution in [0.1, 0.15) is 35.6 Å². The Balaban J connectivity index is 1.40. The number of ether oxygens (including phenoxy) is 1. The average molecular weight is 423 g/mol. The minimum atomic E-state index is -0.671. The topological polar surface area (TPSA) is 36.3 Å². The van der Waals surface area contributed by atoms with Crippen molar-refractivity contribution in [1.82, 2.24) is 4.90 Å². The molecule has 0 amide bonds. The van der Waals surface area contributed by atoms with E-state index in [1.54, 1.807) is 0 Å². The van der Waals surface area contributed by atoms with Gasteiger partial charge in [0.1, 0.15) is 11.2 Å². The molecule has 3 heteroatoms. The number of rotatable bonds is 6. The first kappa shape index (κ1) is 20.8. The highest BCUT2D eigenvalue weighted by Gasteiger charge is 2.54. The van der Waals surface area contributed by atoms with Gasteiger partial charge >= 0.3 is 0 Å². The third-order valence-electron chi connectivity index (χ3n) is 7.51. The van der Waals surface area contributed by atoms with Crippen molar-refractivity contribution in [2.75, 3.05) is 26.2 Å². The van der Waals surface area contributed by atoms with E-state index in [-0.39, 0.29) is 5.41 Å². The second-order valence-corrected chi connectivity index (χ2v) is 9.47. The van der Waals surface area contributed by atoms with Gasteiger partial charge in [-0.15, -0.1) is 0 Å². The van der Waals surface area contributed by atoms with E-state index in [1.165, 1.54) is 11.1 Å². The highest BCUT2D eigenvalue weighted by Crippen LogP contribution is 2.51. The summed E-state index contributed by atoms with van der Waals surface area (Å²) in [5.74, 6) is 1.05. The molecule has 5 rings (SSSR count). The monoisotopic (exact) mass is 422 g/mol. The Morgan fingerprint density at radius 2 is 1.69 bits per heavy atom. The number of fused-ring (bicyclic) bond motifs is 1. The predicted octanol–water partition coefficient (Wildman–Crippen LogP) is 5.39. The largest absolute Gasteiger partial charge is 0.493 e. The summed E-state index contributed by atoms with van der Waals surface area (Å²) in [5.41, 5.74) is 4.06. The van der Waals surface area contributed by atoms with E-state index in [4.69, 9.17) is 4.74 Å². The van der Waals surface area contributed by atoms with Crippen LogP contribution >= 0.6 is 0 Å². The molecule has 0 N–H and O–H groups in total. The highest BCUT2D eigenvalue weighted by molar-refractivity contribution is 5.49. The molecule has 3 aromatic rings. The molecule has 1 fully saturated rings. The zero-order valence-electron chi connectivity index (χ0n) is 18.8. The number of hydrogen-bond acceptors (Lipinski definition) is 3. The minimum absolute atomic E-state index is 0.170. The number of hydrogen-bond donors (Lipinski definition) is 0. The minimum Gasteiger partial charge on any atom is -0.493 e. The molecular formula is C29H30N2O. The molecule has 162 valence electrons. The predicted molar refractivity (Wildman–Crippen MR) is 128 cm³/mol. The van der Waals surface area contributed by atoms with Crippen molar-refractivity contribution in [3.63, 3.8) is 0 Å². The molecule has 32 heavy (non-hydrogen) atoms. The Morgan fingerprint density at radius 1 is 1.00 bits per heavy atom. The molecule has 1 saturated heterocycles. The maximum Gasteiger partial charge on any atom is 0.122 e. The summed E-state index contributed by atoms with van der Waals surface area (Å²) in [5, 5.41) is 10.7. The molecule has 0 bridgehead atoms. The third kappa shape index (κ3) is 3.49. The van der Waals surface area contributed by atoms with Crippen molar-refractivity contribution in [2.24, 2.45) is 5.41 Å². The van der Waals surface area contributed by atoms with Gasteiger partial charge in [-0.3, -0.25) is 0 Å². The third-order valence-corrected chi connectivity index (χ3v) is 7.51. The molecule has 0 aliphatic carbocycles. The molecular weight excluding hydrogens is 392 g/mol. The standard InChI is InChI=1S/C29H30N2O/c1-28(29(21-30,25-8-4-2-5-9-25)26-10-6-3-7-11-26)16-18-31(22-28)17-14-23-12-13-27-24(20-23)15-19-32-27/h2-13,20H,14-19,22H2,1H3/t28-/m1/s1. The Morgan fingerprint density at radius 3 is 2.34 bits per heavy atom. The number of likely N-dealkylation sites (tertiary alicyclic amines) is 1.